The molecule has 3 aromatic rings. The smallest absolute Gasteiger partial charge is 0.182 e. The zero-order valence-electron chi connectivity index (χ0n) is 14.7. The molecule has 0 bridgehead atoms. The number of amidine groups is 1. The van der Waals surface area contributed by atoms with Crippen LogP contribution < -0.4 is 10.8 Å². The SMILES string of the molecule is C[C@@H](Nc1ccn2ncc(C3=NC(C)(C)ON3)c2n1)c1ccc(F)cc1. The van der Waals surface area contributed by atoms with E-state index >= 15 is 0 Å². The lowest BCUT2D eigenvalue weighted by Crippen LogP contribution is -2.23. The quantitative estimate of drug-likeness (QED) is 0.753. The lowest BCUT2D eigenvalue weighted by molar-refractivity contribution is -0.0269. The highest BCUT2D eigenvalue weighted by atomic mass is 19.1. The predicted octanol–water partition coefficient (Wildman–Crippen LogP) is 3.06. The van der Waals surface area contributed by atoms with E-state index in [1.165, 1.54) is 12.1 Å². The Morgan fingerprint density at radius 2 is 2.00 bits per heavy atom. The van der Waals surface area contributed by atoms with Crippen molar-refractivity contribution in [2.75, 3.05) is 5.32 Å². The number of aliphatic imine (C=N–C) groups is 1. The van der Waals surface area contributed by atoms with Crippen molar-refractivity contribution in [3.8, 4) is 0 Å². The minimum atomic E-state index is -0.628. The zero-order valence-corrected chi connectivity index (χ0v) is 14.7. The number of hydrogen-bond donors (Lipinski definition) is 2. The van der Waals surface area contributed by atoms with Crippen molar-refractivity contribution in [3.05, 3.63) is 59.7 Å². The average molecular weight is 354 g/mol. The van der Waals surface area contributed by atoms with Crippen LogP contribution in [0.25, 0.3) is 5.65 Å². The summed E-state index contributed by atoms with van der Waals surface area (Å²) >= 11 is 0. The maximum atomic E-state index is 13.1. The molecule has 2 aromatic heterocycles. The number of hydroxylamine groups is 1. The maximum Gasteiger partial charge on any atom is 0.182 e. The molecule has 0 fully saturated rings. The Hall–Kier alpha value is -3.00. The summed E-state index contributed by atoms with van der Waals surface area (Å²) in [5.41, 5.74) is 4.60. The number of nitrogens with one attached hydrogen (secondary N) is 2. The summed E-state index contributed by atoms with van der Waals surface area (Å²) in [6, 6.07) is 8.23. The summed E-state index contributed by atoms with van der Waals surface area (Å²) in [4.78, 5) is 14.6. The number of aromatic nitrogens is 3. The second-order valence-corrected chi connectivity index (χ2v) is 6.67. The fraction of sp³-hybridized carbons (Fsp3) is 0.278. The third-order valence-electron chi connectivity index (χ3n) is 4.14. The molecule has 7 nitrogen and oxygen atoms in total. The number of nitrogens with zero attached hydrogens (tertiary/aromatic N) is 4. The first-order chi connectivity index (χ1) is 12.4. The summed E-state index contributed by atoms with van der Waals surface area (Å²) in [6.07, 6.45) is 3.53. The van der Waals surface area contributed by atoms with Crippen LogP contribution in [0.3, 0.4) is 0 Å². The molecule has 0 saturated carbocycles. The van der Waals surface area contributed by atoms with E-state index in [1.54, 1.807) is 22.8 Å². The molecule has 0 aliphatic carbocycles. The van der Waals surface area contributed by atoms with Crippen molar-refractivity contribution in [2.24, 2.45) is 4.99 Å². The Kier molecular flexibility index (Phi) is 3.84. The average Bonchev–Trinajstić information content (AvgIpc) is 3.17. The van der Waals surface area contributed by atoms with Crippen molar-refractivity contribution >= 4 is 17.3 Å². The molecule has 0 saturated heterocycles. The van der Waals surface area contributed by atoms with Gasteiger partial charge in [0, 0.05) is 12.2 Å². The van der Waals surface area contributed by atoms with E-state index in [9.17, 15) is 4.39 Å². The van der Waals surface area contributed by atoms with Crippen molar-refractivity contribution in [1.82, 2.24) is 20.1 Å². The Bertz CT molecular complexity index is 979. The van der Waals surface area contributed by atoms with Gasteiger partial charge >= 0.3 is 0 Å². The number of halogens is 1. The first kappa shape index (κ1) is 16.5. The number of hydrogen-bond acceptors (Lipinski definition) is 6. The van der Waals surface area contributed by atoms with E-state index in [-0.39, 0.29) is 11.9 Å². The van der Waals surface area contributed by atoms with Gasteiger partial charge in [0.2, 0.25) is 0 Å². The molecule has 26 heavy (non-hydrogen) atoms. The van der Waals surface area contributed by atoms with Crippen LogP contribution in [0.1, 0.15) is 37.9 Å². The van der Waals surface area contributed by atoms with Gasteiger partial charge in [0.1, 0.15) is 11.6 Å². The molecule has 1 atom stereocenters. The minimum Gasteiger partial charge on any atom is -0.363 e. The van der Waals surface area contributed by atoms with Gasteiger partial charge in [-0.2, -0.15) is 5.10 Å². The van der Waals surface area contributed by atoms with Crippen LogP contribution in [-0.2, 0) is 4.84 Å². The molecule has 0 spiro atoms. The van der Waals surface area contributed by atoms with E-state index < -0.39 is 5.72 Å². The van der Waals surface area contributed by atoms with Crippen LogP contribution in [-0.4, -0.2) is 26.2 Å². The third-order valence-corrected chi connectivity index (χ3v) is 4.14. The van der Waals surface area contributed by atoms with E-state index in [0.29, 0.717) is 17.3 Å². The topological polar surface area (TPSA) is 75.8 Å². The fourth-order valence-corrected chi connectivity index (χ4v) is 2.78. The second kappa shape index (κ2) is 6.06. The monoisotopic (exact) mass is 354 g/mol. The summed E-state index contributed by atoms with van der Waals surface area (Å²) in [5.74, 6) is 1.04. The van der Waals surface area contributed by atoms with E-state index in [0.717, 1.165) is 11.1 Å². The molecular weight excluding hydrogens is 335 g/mol. The Balaban J connectivity index is 1.63. The molecule has 0 unspecified atom stereocenters. The zero-order chi connectivity index (χ0) is 18.3. The fourth-order valence-electron chi connectivity index (χ4n) is 2.78. The molecule has 134 valence electrons. The molecule has 8 heteroatoms. The van der Waals surface area contributed by atoms with Crippen molar-refractivity contribution in [2.45, 2.75) is 32.5 Å². The van der Waals surface area contributed by atoms with Crippen LogP contribution in [0.15, 0.2) is 47.7 Å². The Morgan fingerprint density at radius 1 is 1.23 bits per heavy atom. The number of fused-ring (bicyclic) bond motifs is 1. The maximum absolute atomic E-state index is 13.1. The highest BCUT2D eigenvalue weighted by molar-refractivity contribution is 6.03. The molecule has 0 amide bonds. The highest BCUT2D eigenvalue weighted by Crippen LogP contribution is 2.22. The molecule has 1 aromatic carbocycles. The van der Waals surface area contributed by atoms with Crippen LogP contribution in [0.2, 0.25) is 0 Å². The third kappa shape index (κ3) is 3.11. The van der Waals surface area contributed by atoms with E-state index in [1.807, 2.05) is 33.0 Å². The molecule has 1 aliphatic rings. The Labute approximate surface area is 149 Å². The summed E-state index contributed by atoms with van der Waals surface area (Å²) < 4.78 is 14.8. The highest BCUT2D eigenvalue weighted by Gasteiger charge is 2.28. The Morgan fingerprint density at radius 3 is 2.69 bits per heavy atom. The first-order valence-electron chi connectivity index (χ1n) is 8.32. The standard InChI is InChI=1S/C18H19FN6O/c1-11(12-4-6-13(19)7-5-12)21-15-8-9-25-17(22-15)14(10-20-25)16-23-18(2,3)26-24-16/h4-11H,1-3H3,(H,21,22)(H,23,24)/t11-/m1/s1. The van der Waals surface area contributed by atoms with Gasteiger partial charge in [-0.05, 0) is 44.5 Å². The number of benzene rings is 1. The molecule has 1 aliphatic heterocycles. The first-order valence-corrected chi connectivity index (χ1v) is 8.32. The van der Waals surface area contributed by atoms with E-state index in [2.05, 4.69) is 25.9 Å². The number of anilines is 1. The summed E-state index contributed by atoms with van der Waals surface area (Å²) in [6.45, 7) is 5.72. The van der Waals surface area contributed by atoms with Crippen LogP contribution in [0.4, 0.5) is 10.2 Å². The summed E-state index contributed by atoms with van der Waals surface area (Å²) in [7, 11) is 0. The van der Waals surface area contributed by atoms with Gasteiger partial charge in [-0.25, -0.2) is 29.2 Å². The van der Waals surface area contributed by atoms with Crippen molar-refractivity contribution in [1.29, 1.82) is 0 Å². The summed E-state index contributed by atoms with van der Waals surface area (Å²) in [5, 5.41) is 7.63. The minimum absolute atomic E-state index is 0.0267. The van der Waals surface area contributed by atoms with Gasteiger partial charge in [-0.3, -0.25) is 0 Å². The lowest BCUT2D eigenvalue weighted by atomic mass is 10.1. The van der Waals surface area contributed by atoms with Crippen LogP contribution >= 0.6 is 0 Å². The molecule has 2 N–H and O–H groups in total. The van der Waals surface area contributed by atoms with Crippen LogP contribution in [0.5, 0.6) is 0 Å². The van der Waals surface area contributed by atoms with Gasteiger partial charge < -0.3 is 5.32 Å². The van der Waals surface area contributed by atoms with Gasteiger partial charge in [0.25, 0.3) is 0 Å². The second-order valence-electron chi connectivity index (χ2n) is 6.67. The van der Waals surface area contributed by atoms with Gasteiger partial charge in [-0.1, -0.05) is 12.1 Å². The normalized spacial score (nSPS) is 17.0. The molecule has 4 rings (SSSR count). The van der Waals surface area contributed by atoms with Crippen molar-refractivity contribution < 1.29 is 9.23 Å². The van der Waals surface area contributed by atoms with Gasteiger partial charge in [-0.15, -0.1) is 0 Å². The number of rotatable bonds is 4. The largest absolute Gasteiger partial charge is 0.363 e. The predicted molar refractivity (Wildman–Crippen MR) is 96.3 cm³/mol. The van der Waals surface area contributed by atoms with Gasteiger partial charge in [0.05, 0.1) is 11.8 Å². The molecular formula is C18H19FN6O. The molecule has 3 heterocycles. The molecule has 0 radical (unpaired) electrons. The van der Waals surface area contributed by atoms with Crippen molar-refractivity contribution in [3.63, 3.8) is 0 Å². The van der Waals surface area contributed by atoms with Gasteiger partial charge in [0.15, 0.2) is 17.2 Å². The van der Waals surface area contributed by atoms with E-state index in [4.69, 9.17) is 4.84 Å². The lowest BCUT2D eigenvalue weighted by Gasteiger charge is -2.15. The van der Waals surface area contributed by atoms with Crippen LogP contribution in [0, 0.1) is 5.82 Å².